The van der Waals surface area contributed by atoms with Gasteiger partial charge in [-0.15, -0.1) is 23.1 Å². The smallest absolute Gasteiger partial charge is 0.254 e. The highest BCUT2D eigenvalue weighted by molar-refractivity contribution is 7.98. The first-order valence-corrected chi connectivity index (χ1v) is 13.0. The first kappa shape index (κ1) is 21.3. The SMILES string of the molecule is Cc1nc(CSc2ccc(C(=O)N3CCCCC3CNS(C)(=O)=O)cc2)cs1. The maximum Gasteiger partial charge on any atom is 0.254 e. The predicted octanol–water partition coefficient (Wildman–Crippen LogP) is 3.29. The quantitative estimate of drug-likeness (QED) is 0.670. The number of piperidine rings is 1. The average molecular weight is 440 g/mol. The Hall–Kier alpha value is -1.42. The van der Waals surface area contributed by atoms with Crippen LogP contribution in [0.3, 0.4) is 0 Å². The van der Waals surface area contributed by atoms with Gasteiger partial charge in [-0.1, -0.05) is 0 Å². The minimum absolute atomic E-state index is 0.0355. The van der Waals surface area contributed by atoms with Crippen LogP contribution < -0.4 is 4.72 Å². The Balaban J connectivity index is 1.61. The molecule has 6 nitrogen and oxygen atoms in total. The molecule has 2 aromatic rings. The summed E-state index contributed by atoms with van der Waals surface area (Å²) >= 11 is 3.35. The second kappa shape index (κ2) is 9.39. The normalized spacial score (nSPS) is 17.6. The molecule has 9 heteroatoms. The van der Waals surface area contributed by atoms with E-state index in [1.165, 1.54) is 0 Å². The number of benzene rings is 1. The fourth-order valence-corrected chi connectivity index (χ4v) is 5.22. The number of amides is 1. The summed E-state index contributed by atoms with van der Waals surface area (Å²) in [5.74, 6) is 0.773. The molecule has 1 aromatic carbocycles. The van der Waals surface area contributed by atoms with Crippen molar-refractivity contribution in [2.24, 2.45) is 0 Å². The molecule has 152 valence electrons. The number of hydrogen-bond donors (Lipinski definition) is 1. The van der Waals surface area contributed by atoms with Crippen molar-refractivity contribution < 1.29 is 13.2 Å². The molecule has 3 rings (SSSR count). The van der Waals surface area contributed by atoms with Crippen molar-refractivity contribution in [1.82, 2.24) is 14.6 Å². The molecule has 0 radical (unpaired) electrons. The lowest BCUT2D eigenvalue weighted by Gasteiger charge is -2.35. The zero-order valence-electron chi connectivity index (χ0n) is 16.1. The summed E-state index contributed by atoms with van der Waals surface area (Å²) in [6, 6.07) is 7.53. The fourth-order valence-electron chi connectivity index (χ4n) is 3.22. The Kier molecular flexibility index (Phi) is 7.14. The number of aromatic nitrogens is 1. The van der Waals surface area contributed by atoms with Crippen LogP contribution >= 0.6 is 23.1 Å². The summed E-state index contributed by atoms with van der Waals surface area (Å²) < 4.78 is 25.3. The zero-order chi connectivity index (χ0) is 20.1. The Morgan fingerprint density at radius 3 is 2.71 bits per heavy atom. The lowest BCUT2D eigenvalue weighted by molar-refractivity contribution is 0.0618. The van der Waals surface area contributed by atoms with Crippen molar-refractivity contribution in [3.8, 4) is 0 Å². The van der Waals surface area contributed by atoms with Gasteiger partial charge < -0.3 is 4.90 Å². The van der Waals surface area contributed by atoms with Crippen molar-refractivity contribution in [3.05, 3.63) is 45.9 Å². The van der Waals surface area contributed by atoms with Gasteiger partial charge in [0.1, 0.15) is 0 Å². The molecule has 0 saturated carbocycles. The van der Waals surface area contributed by atoms with Crippen LogP contribution in [-0.2, 0) is 15.8 Å². The van der Waals surface area contributed by atoms with Gasteiger partial charge in [0.15, 0.2) is 0 Å². The molecule has 1 amide bonds. The number of likely N-dealkylation sites (tertiary alicyclic amines) is 1. The van der Waals surface area contributed by atoms with Crippen LogP contribution in [0.5, 0.6) is 0 Å². The molecule has 1 N–H and O–H groups in total. The summed E-state index contributed by atoms with van der Waals surface area (Å²) in [6.07, 6.45) is 3.91. The molecule has 1 aromatic heterocycles. The Labute approximate surface area is 174 Å². The van der Waals surface area contributed by atoms with E-state index in [0.29, 0.717) is 12.1 Å². The van der Waals surface area contributed by atoms with Crippen LogP contribution in [0.1, 0.15) is 40.3 Å². The number of rotatable bonds is 7. The topological polar surface area (TPSA) is 79.4 Å². The van der Waals surface area contributed by atoms with E-state index in [9.17, 15) is 13.2 Å². The molecule has 1 fully saturated rings. The average Bonchev–Trinajstić information content (AvgIpc) is 3.09. The molecule has 1 aliphatic rings. The fraction of sp³-hybridized carbons (Fsp3) is 0.474. The van der Waals surface area contributed by atoms with Gasteiger partial charge in [0.25, 0.3) is 5.91 Å². The first-order valence-electron chi connectivity index (χ1n) is 9.21. The standard InChI is InChI=1S/C19H25N3O3S3/c1-14-21-16(12-26-14)13-27-18-8-6-15(7-9-18)19(23)22-10-4-3-5-17(22)11-20-28(2,24)25/h6-9,12,17,20H,3-5,10-11,13H2,1-2H3. The van der Waals surface area contributed by atoms with E-state index in [2.05, 4.69) is 15.1 Å². The van der Waals surface area contributed by atoms with Crippen LogP contribution in [0.4, 0.5) is 0 Å². The third-order valence-electron chi connectivity index (χ3n) is 4.62. The maximum atomic E-state index is 13.0. The van der Waals surface area contributed by atoms with Crippen LogP contribution in [0.25, 0.3) is 0 Å². The maximum absolute atomic E-state index is 13.0. The number of nitrogens with zero attached hydrogens (tertiary/aromatic N) is 2. The molecule has 1 unspecified atom stereocenters. The van der Waals surface area contributed by atoms with E-state index in [4.69, 9.17) is 0 Å². The molecule has 0 aliphatic carbocycles. The third kappa shape index (κ3) is 6.04. The Morgan fingerprint density at radius 2 is 2.07 bits per heavy atom. The van der Waals surface area contributed by atoms with Crippen LogP contribution in [0, 0.1) is 6.92 Å². The highest BCUT2D eigenvalue weighted by Crippen LogP contribution is 2.25. The van der Waals surface area contributed by atoms with Gasteiger partial charge in [0.2, 0.25) is 10.0 Å². The molecular weight excluding hydrogens is 414 g/mol. The number of nitrogens with one attached hydrogen (secondary N) is 1. The highest BCUT2D eigenvalue weighted by Gasteiger charge is 2.28. The predicted molar refractivity (Wildman–Crippen MR) is 114 cm³/mol. The molecular formula is C19H25N3O3S3. The van der Waals surface area contributed by atoms with Gasteiger partial charge in [-0.3, -0.25) is 4.79 Å². The Bertz CT molecular complexity index is 910. The molecule has 0 spiro atoms. The minimum atomic E-state index is -3.27. The Morgan fingerprint density at radius 1 is 1.32 bits per heavy atom. The number of carbonyl (C=O) groups is 1. The van der Waals surface area contributed by atoms with Gasteiger partial charge in [0, 0.05) is 40.7 Å². The number of thioether (sulfide) groups is 1. The second-order valence-corrected chi connectivity index (χ2v) is 10.9. The van der Waals surface area contributed by atoms with E-state index in [-0.39, 0.29) is 18.5 Å². The molecule has 2 heterocycles. The summed E-state index contributed by atoms with van der Waals surface area (Å²) in [4.78, 5) is 20.3. The van der Waals surface area contributed by atoms with E-state index in [1.54, 1.807) is 23.1 Å². The first-order chi connectivity index (χ1) is 13.3. The van der Waals surface area contributed by atoms with Crippen LogP contribution in [0.15, 0.2) is 34.5 Å². The molecule has 28 heavy (non-hydrogen) atoms. The lowest BCUT2D eigenvalue weighted by Crippen LogP contribution is -2.49. The van der Waals surface area contributed by atoms with Gasteiger partial charge >= 0.3 is 0 Å². The third-order valence-corrected chi connectivity index (χ3v) is 7.18. The van der Waals surface area contributed by atoms with Gasteiger partial charge in [0.05, 0.1) is 17.0 Å². The minimum Gasteiger partial charge on any atom is -0.334 e. The molecule has 1 atom stereocenters. The summed E-state index contributed by atoms with van der Waals surface area (Å²) in [5, 5.41) is 3.14. The number of thiazole rings is 1. The van der Waals surface area contributed by atoms with Crippen LogP contribution in [-0.4, -0.2) is 49.6 Å². The molecule has 0 bridgehead atoms. The van der Waals surface area contributed by atoms with Crippen LogP contribution in [0.2, 0.25) is 0 Å². The number of sulfonamides is 1. The van der Waals surface area contributed by atoms with E-state index < -0.39 is 10.0 Å². The number of carbonyl (C=O) groups excluding carboxylic acids is 1. The second-order valence-electron chi connectivity index (χ2n) is 6.94. The monoisotopic (exact) mass is 439 g/mol. The van der Waals surface area contributed by atoms with Gasteiger partial charge in [-0.05, 0) is 50.5 Å². The molecule has 1 aliphatic heterocycles. The van der Waals surface area contributed by atoms with Crippen molar-refractivity contribution in [3.63, 3.8) is 0 Å². The summed E-state index contributed by atoms with van der Waals surface area (Å²) in [5.41, 5.74) is 1.71. The largest absolute Gasteiger partial charge is 0.334 e. The van der Waals surface area contributed by atoms with Crippen molar-refractivity contribution in [1.29, 1.82) is 0 Å². The molecule has 1 saturated heterocycles. The van der Waals surface area contributed by atoms with E-state index in [0.717, 1.165) is 46.9 Å². The zero-order valence-corrected chi connectivity index (χ0v) is 18.5. The highest BCUT2D eigenvalue weighted by atomic mass is 32.2. The summed E-state index contributed by atoms with van der Waals surface area (Å²) in [6.45, 7) is 2.93. The van der Waals surface area contributed by atoms with E-state index >= 15 is 0 Å². The summed E-state index contributed by atoms with van der Waals surface area (Å²) in [7, 11) is -3.27. The number of aryl methyl sites for hydroxylation is 1. The van der Waals surface area contributed by atoms with Gasteiger partial charge in [-0.2, -0.15) is 0 Å². The lowest BCUT2D eigenvalue weighted by atomic mass is 10.0. The van der Waals surface area contributed by atoms with Crippen molar-refractivity contribution in [2.45, 2.75) is 42.9 Å². The number of hydrogen-bond acceptors (Lipinski definition) is 6. The van der Waals surface area contributed by atoms with E-state index in [1.807, 2.05) is 36.1 Å². The van der Waals surface area contributed by atoms with Crippen molar-refractivity contribution in [2.75, 3.05) is 19.3 Å². The van der Waals surface area contributed by atoms with Crippen molar-refractivity contribution >= 4 is 39.0 Å². The van der Waals surface area contributed by atoms with Gasteiger partial charge in [-0.25, -0.2) is 18.1 Å².